The van der Waals surface area contributed by atoms with Gasteiger partial charge in [-0.15, -0.1) is 0 Å². The molecule has 0 saturated carbocycles. The number of carbonyl (C=O) groups is 2. The third-order valence-corrected chi connectivity index (χ3v) is 4.86. The highest BCUT2D eigenvalue weighted by Gasteiger charge is 2.65. The lowest BCUT2D eigenvalue weighted by Crippen LogP contribution is -2.71. The lowest BCUT2D eigenvalue weighted by molar-refractivity contribution is -0.178. The van der Waals surface area contributed by atoms with E-state index in [4.69, 9.17) is 20.9 Å². The molecule has 1 aliphatic rings. The van der Waals surface area contributed by atoms with E-state index < -0.39 is 34.4 Å². The minimum absolute atomic E-state index is 0.170. The fourth-order valence-electron chi connectivity index (χ4n) is 3.65. The Morgan fingerprint density at radius 3 is 2.16 bits per heavy atom. The Morgan fingerprint density at radius 2 is 1.84 bits per heavy atom. The van der Waals surface area contributed by atoms with Crippen molar-refractivity contribution < 1.29 is 19.1 Å². The zero-order chi connectivity index (χ0) is 19.6. The smallest absolute Gasteiger partial charge is 0.328 e. The van der Waals surface area contributed by atoms with Gasteiger partial charge in [0.2, 0.25) is 0 Å². The summed E-state index contributed by atoms with van der Waals surface area (Å²) in [6.45, 7) is 13.3. The summed E-state index contributed by atoms with van der Waals surface area (Å²) in [5.74, 6) is -1.59. The van der Waals surface area contributed by atoms with Crippen molar-refractivity contribution in [2.24, 2.45) is 34.6 Å². The zero-order valence-electron chi connectivity index (χ0n) is 16.6. The molecule has 4 N–H and O–H groups in total. The van der Waals surface area contributed by atoms with Crippen LogP contribution in [0, 0.1) is 23.2 Å². The van der Waals surface area contributed by atoms with Gasteiger partial charge in [0.25, 0.3) is 0 Å². The summed E-state index contributed by atoms with van der Waals surface area (Å²) in [6, 6.07) is 0. The van der Waals surface area contributed by atoms with Crippen molar-refractivity contribution in [3.05, 3.63) is 12.3 Å². The van der Waals surface area contributed by atoms with Crippen LogP contribution in [0.3, 0.4) is 0 Å². The summed E-state index contributed by atoms with van der Waals surface area (Å²) in [7, 11) is 0. The molecule has 3 atom stereocenters. The molecule has 144 valence electrons. The second-order valence-corrected chi connectivity index (χ2v) is 8.66. The van der Waals surface area contributed by atoms with Gasteiger partial charge in [-0.05, 0) is 51.6 Å². The van der Waals surface area contributed by atoms with Gasteiger partial charge in [-0.3, -0.25) is 4.79 Å². The number of hydrogen-bond donors (Lipinski definition) is 2. The first-order chi connectivity index (χ1) is 11.3. The number of rotatable bonds is 7. The molecule has 6 nitrogen and oxygen atoms in total. The van der Waals surface area contributed by atoms with E-state index in [-0.39, 0.29) is 18.4 Å². The van der Waals surface area contributed by atoms with Gasteiger partial charge >= 0.3 is 11.9 Å². The number of hydrogen-bond acceptors (Lipinski definition) is 6. The Labute approximate surface area is 151 Å². The summed E-state index contributed by atoms with van der Waals surface area (Å²) in [5, 5.41) is 0. The molecule has 0 aromatic heterocycles. The van der Waals surface area contributed by atoms with E-state index >= 15 is 0 Å². The fraction of sp³-hybridized carbons (Fsp3) is 0.789. The van der Waals surface area contributed by atoms with E-state index in [1.807, 2.05) is 27.7 Å². The Hall–Kier alpha value is -1.40. The number of carbonyl (C=O) groups excluding carboxylic acids is 2. The van der Waals surface area contributed by atoms with Crippen LogP contribution < -0.4 is 11.5 Å². The second-order valence-electron chi connectivity index (χ2n) is 8.66. The lowest BCUT2D eigenvalue weighted by atomic mass is 9.57. The Balaban J connectivity index is 3.58. The van der Waals surface area contributed by atoms with E-state index in [1.54, 1.807) is 26.8 Å². The SMILES string of the molecule is CC(C)CC(CN)C(N)(C(=O)OC(C)(C)C)C1(C(C)C)C=COC1=O. The molecule has 0 aliphatic carbocycles. The van der Waals surface area contributed by atoms with Gasteiger partial charge in [0, 0.05) is 5.92 Å². The van der Waals surface area contributed by atoms with Gasteiger partial charge in [0.1, 0.15) is 16.6 Å². The van der Waals surface area contributed by atoms with Crippen molar-refractivity contribution >= 4 is 11.9 Å². The maximum absolute atomic E-state index is 13.3. The summed E-state index contributed by atoms with van der Waals surface area (Å²) in [5.41, 5.74) is 9.14. The lowest BCUT2D eigenvalue weighted by Gasteiger charge is -2.48. The molecule has 0 aromatic rings. The molecule has 0 bridgehead atoms. The molecule has 1 rings (SSSR count). The van der Waals surface area contributed by atoms with E-state index in [9.17, 15) is 9.59 Å². The molecule has 0 radical (unpaired) electrons. The molecule has 0 saturated heterocycles. The predicted octanol–water partition coefficient (Wildman–Crippen LogP) is 2.36. The Morgan fingerprint density at radius 1 is 1.28 bits per heavy atom. The van der Waals surface area contributed by atoms with Crippen LogP contribution in [0.25, 0.3) is 0 Å². The molecule has 0 spiro atoms. The summed E-state index contributed by atoms with van der Waals surface area (Å²) < 4.78 is 10.8. The quantitative estimate of drug-likeness (QED) is 0.680. The predicted molar refractivity (Wildman–Crippen MR) is 97.3 cm³/mol. The largest absolute Gasteiger partial charge is 0.459 e. The maximum Gasteiger partial charge on any atom is 0.328 e. The second kappa shape index (κ2) is 7.46. The molecule has 1 heterocycles. The van der Waals surface area contributed by atoms with Crippen LogP contribution in [0.1, 0.15) is 54.9 Å². The third kappa shape index (κ3) is 3.90. The van der Waals surface area contributed by atoms with E-state index in [0.29, 0.717) is 6.42 Å². The van der Waals surface area contributed by atoms with Crippen LogP contribution in [0.15, 0.2) is 12.3 Å². The topological polar surface area (TPSA) is 105 Å². The number of cyclic esters (lactones) is 1. The number of ether oxygens (including phenoxy) is 2. The average molecular weight is 354 g/mol. The first kappa shape index (κ1) is 21.6. The molecule has 25 heavy (non-hydrogen) atoms. The van der Waals surface area contributed by atoms with Crippen LogP contribution in [-0.2, 0) is 19.1 Å². The Bertz CT molecular complexity index is 536. The molecule has 3 unspecified atom stereocenters. The minimum atomic E-state index is -1.61. The average Bonchev–Trinajstić information content (AvgIpc) is 2.84. The van der Waals surface area contributed by atoms with Crippen molar-refractivity contribution in [3.63, 3.8) is 0 Å². The molecular formula is C19H34N2O4. The highest BCUT2D eigenvalue weighted by atomic mass is 16.6. The summed E-state index contributed by atoms with van der Waals surface area (Å²) >= 11 is 0. The highest BCUT2D eigenvalue weighted by Crippen LogP contribution is 2.49. The van der Waals surface area contributed by atoms with Gasteiger partial charge in [-0.2, -0.15) is 0 Å². The first-order valence-corrected chi connectivity index (χ1v) is 8.94. The molecule has 6 heteroatoms. The standard InChI is InChI=1S/C19H34N2O4/c1-12(2)10-14(11-20)19(21,16(23)25-17(5,6)7)18(13(3)4)8-9-24-15(18)22/h8-9,12-14H,10-11,20-21H2,1-7H3. The number of esters is 2. The normalized spacial score (nSPS) is 24.4. The number of nitrogens with two attached hydrogens (primary N) is 2. The molecule has 0 amide bonds. The molecule has 1 aliphatic heterocycles. The van der Waals surface area contributed by atoms with Crippen molar-refractivity contribution in [3.8, 4) is 0 Å². The molecular weight excluding hydrogens is 320 g/mol. The highest BCUT2D eigenvalue weighted by molar-refractivity contribution is 5.95. The van der Waals surface area contributed by atoms with E-state index in [2.05, 4.69) is 0 Å². The van der Waals surface area contributed by atoms with Crippen LogP contribution in [-0.4, -0.2) is 29.6 Å². The molecule has 0 fully saturated rings. The minimum Gasteiger partial charge on any atom is -0.459 e. The van der Waals surface area contributed by atoms with Crippen LogP contribution >= 0.6 is 0 Å². The van der Waals surface area contributed by atoms with Crippen LogP contribution in [0.5, 0.6) is 0 Å². The van der Waals surface area contributed by atoms with Crippen LogP contribution in [0.2, 0.25) is 0 Å². The van der Waals surface area contributed by atoms with E-state index in [1.165, 1.54) is 6.26 Å². The van der Waals surface area contributed by atoms with Gasteiger partial charge in [-0.25, -0.2) is 4.79 Å². The van der Waals surface area contributed by atoms with Crippen LogP contribution in [0.4, 0.5) is 0 Å². The van der Waals surface area contributed by atoms with Gasteiger partial charge in [-0.1, -0.05) is 27.7 Å². The monoisotopic (exact) mass is 354 g/mol. The Kier molecular flexibility index (Phi) is 6.46. The van der Waals surface area contributed by atoms with Crippen molar-refractivity contribution in [1.29, 1.82) is 0 Å². The van der Waals surface area contributed by atoms with Crippen molar-refractivity contribution in [2.45, 2.75) is 66.0 Å². The third-order valence-electron chi connectivity index (χ3n) is 4.86. The van der Waals surface area contributed by atoms with Gasteiger partial charge in [0.05, 0.1) is 6.26 Å². The zero-order valence-corrected chi connectivity index (χ0v) is 16.6. The first-order valence-electron chi connectivity index (χ1n) is 8.94. The molecule has 0 aromatic carbocycles. The van der Waals surface area contributed by atoms with Gasteiger partial charge < -0.3 is 20.9 Å². The summed E-state index contributed by atoms with van der Waals surface area (Å²) in [4.78, 5) is 26.0. The fourth-order valence-corrected chi connectivity index (χ4v) is 3.65. The van der Waals surface area contributed by atoms with Crippen molar-refractivity contribution in [1.82, 2.24) is 0 Å². The van der Waals surface area contributed by atoms with Gasteiger partial charge in [0.15, 0.2) is 0 Å². The maximum atomic E-state index is 13.3. The van der Waals surface area contributed by atoms with Crippen molar-refractivity contribution in [2.75, 3.05) is 6.54 Å². The summed E-state index contributed by atoms with van der Waals surface area (Å²) in [6.07, 6.45) is 3.52. The van der Waals surface area contributed by atoms with E-state index in [0.717, 1.165) is 0 Å².